The van der Waals surface area contributed by atoms with Crippen molar-refractivity contribution < 1.29 is 40.3 Å². The molecular formula is C8H7NO8. The third kappa shape index (κ3) is 1.74. The third-order valence-corrected chi connectivity index (χ3v) is 1.94. The van der Waals surface area contributed by atoms with Crippen molar-refractivity contribution >= 4 is 11.9 Å². The maximum atomic E-state index is 11.1. The highest BCUT2D eigenvalue weighted by Crippen LogP contribution is 2.46. The number of hydrogen-bond acceptors (Lipinski definition) is 7. The van der Waals surface area contributed by atoms with Gasteiger partial charge in [0.05, 0.1) is 0 Å². The van der Waals surface area contributed by atoms with Gasteiger partial charge in [0.25, 0.3) is 5.91 Å². The second-order valence-corrected chi connectivity index (χ2v) is 2.89. The Morgan fingerprint density at radius 3 is 1.59 bits per heavy atom. The zero-order valence-electron chi connectivity index (χ0n) is 8.00. The fourth-order valence-corrected chi connectivity index (χ4v) is 1.18. The van der Waals surface area contributed by atoms with Crippen molar-refractivity contribution in [1.82, 2.24) is 5.48 Å². The number of aromatic carboxylic acids is 1. The number of phenolic OH excluding ortho intramolecular Hbond substituents is 3. The van der Waals surface area contributed by atoms with E-state index in [1.165, 1.54) is 0 Å². The first-order chi connectivity index (χ1) is 7.82. The number of aromatic hydroxyl groups is 4. The number of carboxylic acids is 1. The van der Waals surface area contributed by atoms with E-state index in [0.29, 0.717) is 0 Å². The van der Waals surface area contributed by atoms with Crippen LogP contribution < -0.4 is 5.48 Å². The molecule has 0 heterocycles. The molecule has 0 radical (unpaired) electrons. The lowest BCUT2D eigenvalue weighted by Crippen LogP contribution is -2.22. The van der Waals surface area contributed by atoms with Crippen LogP contribution in [0.3, 0.4) is 0 Å². The molecule has 9 nitrogen and oxygen atoms in total. The van der Waals surface area contributed by atoms with Gasteiger partial charge >= 0.3 is 5.97 Å². The van der Waals surface area contributed by atoms with Gasteiger partial charge in [0.1, 0.15) is 11.1 Å². The standard InChI is InChI=1S/C8H7NO8/c10-3-1(7(14)9-17)2(8(15)16)4(11)6(13)5(3)12/h10-13,17H,(H,9,14)(H,15,16). The summed E-state index contributed by atoms with van der Waals surface area (Å²) in [6, 6.07) is 0. The number of carboxylic acid groups (broad SMARTS) is 1. The number of carbonyl (C=O) groups excluding carboxylic acids is 1. The molecule has 1 rings (SSSR count). The minimum absolute atomic E-state index is 1.03. The molecule has 7 N–H and O–H groups in total. The van der Waals surface area contributed by atoms with Crippen molar-refractivity contribution in [1.29, 1.82) is 0 Å². The Morgan fingerprint density at radius 2 is 1.24 bits per heavy atom. The smallest absolute Gasteiger partial charge is 0.340 e. The largest absolute Gasteiger partial charge is 0.504 e. The number of benzene rings is 1. The summed E-state index contributed by atoms with van der Waals surface area (Å²) < 4.78 is 0. The first-order valence-electron chi connectivity index (χ1n) is 4.00. The SMILES string of the molecule is O=C(O)c1c(O)c(O)c(O)c(O)c1C(=O)NO. The summed E-state index contributed by atoms with van der Waals surface area (Å²) in [4.78, 5) is 21.8. The van der Waals surface area contributed by atoms with Crippen LogP contribution in [0.2, 0.25) is 0 Å². The number of amides is 1. The van der Waals surface area contributed by atoms with Gasteiger partial charge in [-0.25, -0.2) is 10.3 Å². The van der Waals surface area contributed by atoms with Crippen LogP contribution in [-0.4, -0.2) is 42.6 Å². The van der Waals surface area contributed by atoms with E-state index in [1.54, 1.807) is 0 Å². The molecule has 0 spiro atoms. The number of rotatable bonds is 2. The number of hydrogen-bond donors (Lipinski definition) is 7. The Hall–Kier alpha value is -2.68. The monoisotopic (exact) mass is 245 g/mol. The maximum Gasteiger partial charge on any atom is 0.340 e. The lowest BCUT2D eigenvalue weighted by Gasteiger charge is -2.11. The first kappa shape index (κ1) is 12.4. The minimum atomic E-state index is -1.85. The summed E-state index contributed by atoms with van der Waals surface area (Å²) in [6.07, 6.45) is 0. The van der Waals surface area contributed by atoms with Crippen LogP contribution in [0.1, 0.15) is 20.7 Å². The second kappa shape index (κ2) is 4.06. The fourth-order valence-electron chi connectivity index (χ4n) is 1.18. The Kier molecular flexibility index (Phi) is 2.96. The van der Waals surface area contributed by atoms with Gasteiger partial charge in [0, 0.05) is 0 Å². The molecule has 1 amide bonds. The Labute approximate surface area is 92.8 Å². The topological polar surface area (TPSA) is 168 Å². The molecule has 0 fully saturated rings. The van der Waals surface area contributed by atoms with Crippen molar-refractivity contribution in [2.45, 2.75) is 0 Å². The van der Waals surface area contributed by atoms with E-state index in [-0.39, 0.29) is 0 Å². The molecular weight excluding hydrogens is 238 g/mol. The van der Waals surface area contributed by atoms with E-state index in [2.05, 4.69) is 0 Å². The van der Waals surface area contributed by atoms with Crippen molar-refractivity contribution in [3.05, 3.63) is 11.1 Å². The molecule has 1 aromatic carbocycles. The normalized spacial score (nSPS) is 9.94. The molecule has 0 aliphatic rings. The summed E-state index contributed by atoms with van der Waals surface area (Å²) >= 11 is 0. The molecule has 0 atom stereocenters. The number of nitrogens with one attached hydrogen (secondary N) is 1. The molecule has 0 bridgehead atoms. The summed E-state index contributed by atoms with van der Waals surface area (Å²) in [6.45, 7) is 0. The number of hydroxylamine groups is 1. The van der Waals surface area contributed by atoms with Crippen molar-refractivity contribution in [2.24, 2.45) is 0 Å². The van der Waals surface area contributed by atoms with Gasteiger partial charge in [0.15, 0.2) is 11.5 Å². The molecule has 1 aromatic rings. The molecule has 0 aliphatic carbocycles. The van der Waals surface area contributed by atoms with E-state index in [9.17, 15) is 19.8 Å². The Morgan fingerprint density at radius 1 is 0.824 bits per heavy atom. The predicted octanol–water partition coefficient (Wildman–Crippen LogP) is -0.674. The number of carbonyl (C=O) groups is 2. The van der Waals surface area contributed by atoms with Crippen LogP contribution in [0.5, 0.6) is 23.0 Å². The molecule has 9 heteroatoms. The van der Waals surface area contributed by atoms with Gasteiger partial charge in [-0.15, -0.1) is 0 Å². The van der Waals surface area contributed by atoms with Crippen molar-refractivity contribution in [3.8, 4) is 23.0 Å². The fraction of sp³-hybridized carbons (Fsp3) is 0. The lowest BCUT2D eigenvalue weighted by atomic mass is 10.0. The maximum absolute atomic E-state index is 11.1. The Balaban J connectivity index is 3.78. The average molecular weight is 245 g/mol. The quantitative estimate of drug-likeness (QED) is 0.156. The average Bonchev–Trinajstić information content (AvgIpc) is 2.29. The minimum Gasteiger partial charge on any atom is -0.504 e. The van der Waals surface area contributed by atoms with Crippen LogP contribution in [0.25, 0.3) is 0 Å². The van der Waals surface area contributed by atoms with Gasteiger partial charge in [-0.2, -0.15) is 0 Å². The zero-order chi connectivity index (χ0) is 13.3. The molecule has 0 aromatic heterocycles. The molecule has 0 saturated carbocycles. The molecule has 0 saturated heterocycles. The number of phenols is 4. The van der Waals surface area contributed by atoms with Crippen LogP contribution in [0, 0.1) is 0 Å². The van der Waals surface area contributed by atoms with E-state index in [0.717, 1.165) is 5.48 Å². The van der Waals surface area contributed by atoms with Gasteiger partial charge in [0.2, 0.25) is 11.5 Å². The van der Waals surface area contributed by atoms with Crippen LogP contribution in [0.15, 0.2) is 0 Å². The second-order valence-electron chi connectivity index (χ2n) is 2.89. The summed E-state index contributed by atoms with van der Waals surface area (Å²) in [5.41, 5.74) is -1.23. The zero-order valence-corrected chi connectivity index (χ0v) is 8.00. The first-order valence-corrected chi connectivity index (χ1v) is 4.00. The van der Waals surface area contributed by atoms with Crippen LogP contribution >= 0.6 is 0 Å². The highest BCUT2D eigenvalue weighted by atomic mass is 16.5. The molecule has 0 unspecified atom stereocenters. The highest BCUT2D eigenvalue weighted by Gasteiger charge is 2.31. The van der Waals surface area contributed by atoms with Crippen LogP contribution in [-0.2, 0) is 0 Å². The van der Waals surface area contributed by atoms with Crippen molar-refractivity contribution in [3.63, 3.8) is 0 Å². The molecule has 17 heavy (non-hydrogen) atoms. The summed E-state index contributed by atoms with van der Waals surface area (Å²) in [5, 5.41) is 53.7. The lowest BCUT2D eigenvalue weighted by molar-refractivity contribution is 0.0655. The van der Waals surface area contributed by atoms with Gasteiger partial charge in [-0.05, 0) is 0 Å². The molecule has 0 aliphatic heterocycles. The van der Waals surface area contributed by atoms with E-state index in [4.69, 9.17) is 20.5 Å². The summed E-state index contributed by atoms with van der Waals surface area (Å²) in [7, 11) is 0. The van der Waals surface area contributed by atoms with E-state index in [1.807, 2.05) is 0 Å². The highest BCUT2D eigenvalue weighted by molar-refractivity contribution is 6.09. The van der Waals surface area contributed by atoms with E-state index < -0.39 is 46.0 Å². The third-order valence-electron chi connectivity index (χ3n) is 1.94. The van der Waals surface area contributed by atoms with Gasteiger partial charge < -0.3 is 25.5 Å². The predicted molar refractivity (Wildman–Crippen MR) is 49.3 cm³/mol. The van der Waals surface area contributed by atoms with Crippen LogP contribution in [0.4, 0.5) is 0 Å². The Bertz CT molecular complexity index is 509. The van der Waals surface area contributed by atoms with Gasteiger partial charge in [-0.3, -0.25) is 10.0 Å². The van der Waals surface area contributed by atoms with Crippen molar-refractivity contribution in [2.75, 3.05) is 0 Å². The summed E-state index contributed by atoms with van der Waals surface area (Å²) in [5.74, 6) is -8.52. The van der Waals surface area contributed by atoms with E-state index >= 15 is 0 Å². The molecule has 92 valence electrons. The van der Waals surface area contributed by atoms with Gasteiger partial charge in [-0.1, -0.05) is 0 Å².